The monoisotopic (exact) mass is 288 g/mol. The molecule has 0 radical (unpaired) electrons. The zero-order chi connectivity index (χ0) is 12.1. The predicted octanol–water partition coefficient (Wildman–Crippen LogP) is 2.51. The van der Waals surface area contributed by atoms with E-state index < -0.39 is 5.82 Å². The fourth-order valence-electron chi connectivity index (χ4n) is 1.28. The largest absolute Gasteiger partial charge is 0.330 e. The van der Waals surface area contributed by atoms with Gasteiger partial charge in [-0.2, -0.15) is 0 Å². The molecule has 0 spiro atoms. The van der Waals surface area contributed by atoms with Crippen molar-refractivity contribution in [1.82, 2.24) is 0 Å². The molecule has 16 heavy (non-hydrogen) atoms. The summed E-state index contributed by atoms with van der Waals surface area (Å²) in [5, 5.41) is 2.52. The highest BCUT2D eigenvalue weighted by molar-refractivity contribution is 9.10. The first-order valence-corrected chi connectivity index (χ1v) is 5.83. The molecule has 0 aliphatic carbocycles. The first-order valence-electron chi connectivity index (χ1n) is 5.04. The molecule has 0 saturated carbocycles. The lowest BCUT2D eigenvalue weighted by Crippen LogP contribution is -2.28. The van der Waals surface area contributed by atoms with Crippen molar-refractivity contribution in [1.29, 1.82) is 0 Å². The average Bonchev–Trinajstić information content (AvgIpc) is 2.24. The zero-order valence-electron chi connectivity index (χ0n) is 8.97. The van der Waals surface area contributed by atoms with Gasteiger partial charge in [0.25, 0.3) is 0 Å². The maximum atomic E-state index is 13.4. The van der Waals surface area contributed by atoms with Gasteiger partial charge >= 0.3 is 0 Å². The number of carbonyl (C=O) groups excluding carboxylic acids is 1. The molecule has 0 aliphatic heterocycles. The number of anilines is 1. The molecule has 3 N–H and O–H groups in total. The third-order valence-corrected chi connectivity index (χ3v) is 2.83. The van der Waals surface area contributed by atoms with Crippen LogP contribution in [0, 0.1) is 11.7 Å². The van der Waals surface area contributed by atoms with Crippen molar-refractivity contribution in [3.63, 3.8) is 0 Å². The topological polar surface area (TPSA) is 55.1 Å². The number of nitrogens with one attached hydrogen (secondary N) is 1. The summed E-state index contributed by atoms with van der Waals surface area (Å²) >= 11 is 3.15. The molecule has 1 unspecified atom stereocenters. The van der Waals surface area contributed by atoms with Crippen LogP contribution >= 0.6 is 15.9 Å². The molecule has 0 saturated heterocycles. The lowest BCUT2D eigenvalue weighted by Gasteiger charge is -2.13. The number of benzene rings is 1. The van der Waals surface area contributed by atoms with Crippen LogP contribution in [0.3, 0.4) is 0 Å². The van der Waals surface area contributed by atoms with Crippen LogP contribution in [0.5, 0.6) is 0 Å². The van der Waals surface area contributed by atoms with Crippen LogP contribution in [0.2, 0.25) is 0 Å². The Morgan fingerprint density at radius 1 is 1.62 bits per heavy atom. The highest BCUT2D eigenvalue weighted by atomic mass is 79.9. The molecular weight excluding hydrogens is 275 g/mol. The molecule has 0 heterocycles. The van der Waals surface area contributed by atoms with Crippen molar-refractivity contribution >= 4 is 27.5 Å². The van der Waals surface area contributed by atoms with E-state index in [1.807, 2.05) is 6.92 Å². The van der Waals surface area contributed by atoms with E-state index in [2.05, 4.69) is 21.2 Å². The van der Waals surface area contributed by atoms with Crippen molar-refractivity contribution < 1.29 is 9.18 Å². The third kappa shape index (κ3) is 3.28. The molecule has 0 fully saturated rings. The first-order chi connectivity index (χ1) is 7.58. The summed E-state index contributed by atoms with van der Waals surface area (Å²) in [6.45, 7) is 2.13. The molecule has 3 nitrogen and oxygen atoms in total. The van der Waals surface area contributed by atoms with Gasteiger partial charge in [0.15, 0.2) is 0 Å². The molecule has 88 valence electrons. The lowest BCUT2D eigenvalue weighted by atomic mass is 10.1. The SMILES string of the molecule is CCC(CN)C(=O)Nc1ccc(Br)cc1F. The fraction of sp³-hybridized carbons (Fsp3) is 0.364. The van der Waals surface area contributed by atoms with Crippen LogP contribution in [-0.2, 0) is 4.79 Å². The Balaban J connectivity index is 2.76. The Morgan fingerprint density at radius 3 is 2.81 bits per heavy atom. The van der Waals surface area contributed by atoms with E-state index in [4.69, 9.17) is 5.73 Å². The molecule has 1 rings (SSSR count). The van der Waals surface area contributed by atoms with E-state index in [0.717, 1.165) is 0 Å². The van der Waals surface area contributed by atoms with E-state index in [1.54, 1.807) is 6.07 Å². The van der Waals surface area contributed by atoms with Crippen LogP contribution in [-0.4, -0.2) is 12.5 Å². The number of hydrogen-bond acceptors (Lipinski definition) is 2. The second-order valence-electron chi connectivity index (χ2n) is 3.45. The molecule has 1 aromatic rings. The molecule has 1 aromatic carbocycles. The molecule has 0 aliphatic rings. The Bertz CT molecular complexity index is 380. The van der Waals surface area contributed by atoms with Gasteiger partial charge in [0, 0.05) is 11.0 Å². The summed E-state index contributed by atoms with van der Waals surface area (Å²) in [4.78, 5) is 11.6. The molecular formula is C11H14BrFN2O. The van der Waals surface area contributed by atoms with Crippen molar-refractivity contribution in [2.75, 3.05) is 11.9 Å². The molecule has 5 heteroatoms. The van der Waals surface area contributed by atoms with E-state index >= 15 is 0 Å². The maximum absolute atomic E-state index is 13.4. The van der Waals surface area contributed by atoms with Gasteiger partial charge in [-0.3, -0.25) is 4.79 Å². The number of nitrogens with two attached hydrogens (primary N) is 1. The van der Waals surface area contributed by atoms with Crippen molar-refractivity contribution in [3.05, 3.63) is 28.5 Å². The Labute approximate surface area is 102 Å². The number of carbonyl (C=O) groups is 1. The van der Waals surface area contributed by atoms with Gasteiger partial charge in [-0.25, -0.2) is 4.39 Å². The van der Waals surface area contributed by atoms with Gasteiger partial charge in [0.05, 0.1) is 11.6 Å². The minimum atomic E-state index is -0.463. The Hall–Kier alpha value is -0.940. The second-order valence-corrected chi connectivity index (χ2v) is 4.37. The lowest BCUT2D eigenvalue weighted by molar-refractivity contribution is -0.119. The van der Waals surface area contributed by atoms with Gasteiger partial charge in [-0.15, -0.1) is 0 Å². The normalized spacial score (nSPS) is 12.2. The quantitative estimate of drug-likeness (QED) is 0.894. The molecule has 1 amide bonds. The number of halogens is 2. The summed E-state index contributed by atoms with van der Waals surface area (Å²) in [5.41, 5.74) is 5.62. The van der Waals surface area contributed by atoms with Crippen molar-refractivity contribution in [3.8, 4) is 0 Å². The number of amides is 1. The van der Waals surface area contributed by atoms with E-state index in [-0.39, 0.29) is 24.1 Å². The van der Waals surface area contributed by atoms with Crippen LogP contribution in [0.4, 0.5) is 10.1 Å². The minimum absolute atomic E-state index is 0.181. The van der Waals surface area contributed by atoms with Crippen LogP contribution in [0.1, 0.15) is 13.3 Å². The Kier molecular flexibility index (Phi) is 4.89. The summed E-state index contributed by atoms with van der Waals surface area (Å²) in [7, 11) is 0. The summed E-state index contributed by atoms with van der Waals surface area (Å²) < 4.78 is 14.0. The van der Waals surface area contributed by atoms with Gasteiger partial charge in [-0.05, 0) is 24.6 Å². The molecule has 0 bridgehead atoms. The van der Waals surface area contributed by atoms with Gasteiger partial charge in [0.2, 0.25) is 5.91 Å². The first kappa shape index (κ1) is 13.1. The Morgan fingerprint density at radius 2 is 2.31 bits per heavy atom. The van der Waals surface area contributed by atoms with E-state index in [1.165, 1.54) is 12.1 Å². The maximum Gasteiger partial charge on any atom is 0.228 e. The highest BCUT2D eigenvalue weighted by Crippen LogP contribution is 2.20. The zero-order valence-corrected chi connectivity index (χ0v) is 10.6. The van der Waals surface area contributed by atoms with Gasteiger partial charge in [-0.1, -0.05) is 22.9 Å². The average molecular weight is 289 g/mol. The van der Waals surface area contributed by atoms with Crippen molar-refractivity contribution in [2.24, 2.45) is 11.7 Å². The number of rotatable bonds is 4. The summed E-state index contributed by atoms with van der Waals surface area (Å²) in [5.74, 6) is -0.983. The smallest absolute Gasteiger partial charge is 0.228 e. The van der Waals surface area contributed by atoms with Crippen molar-refractivity contribution in [2.45, 2.75) is 13.3 Å². The van der Waals surface area contributed by atoms with E-state index in [9.17, 15) is 9.18 Å². The highest BCUT2D eigenvalue weighted by Gasteiger charge is 2.15. The van der Waals surface area contributed by atoms with Crippen LogP contribution in [0.25, 0.3) is 0 Å². The number of hydrogen-bond donors (Lipinski definition) is 2. The predicted molar refractivity (Wildman–Crippen MR) is 65.6 cm³/mol. The van der Waals surface area contributed by atoms with Crippen LogP contribution in [0.15, 0.2) is 22.7 Å². The second kappa shape index (κ2) is 5.96. The van der Waals surface area contributed by atoms with Gasteiger partial charge in [0.1, 0.15) is 5.82 Å². The van der Waals surface area contributed by atoms with Crippen LogP contribution < -0.4 is 11.1 Å². The third-order valence-electron chi connectivity index (χ3n) is 2.34. The standard InChI is InChI=1S/C11H14BrFN2O/c1-2-7(6-14)11(16)15-10-4-3-8(12)5-9(10)13/h3-5,7H,2,6,14H2,1H3,(H,15,16). The van der Waals surface area contributed by atoms with E-state index in [0.29, 0.717) is 10.9 Å². The minimum Gasteiger partial charge on any atom is -0.330 e. The fourth-order valence-corrected chi connectivity index (χ4v) is 1.62. The molecule has 0 aromatic heterocycles. The summed E-state index contributed by atoms with van der Waals surface area (Å²) in [6, 6.07) is 4.49. The summed E-state index contributed by atoms with van der Waals surface area (Å²) in [6.07, 6.45) is 0.639. The van der Waals surface area contributed by atoms with Gasteiger partial charge < -0.3 is 11.1 Å². The molecule has 1 atom stereocenters.